The molecule has 0 aliphatic carbocycles. The van der Waals surface area contributed by atoms with Crippen molar-refractivity contribution in [2.75, 3.05) is 6.54 Å². The lowest BCUT2D eigenvalue weighted by atomic mass is 10.1. The lowest BCUT2D eigenvalue weighted by molar-refractivity contribution is 0.586. The molecular weight excluding hydrogens is 270 g/mol. The highest BCUT2D eigenvalue weighted by molar-refractivity contribution is 7.89. The topological polar surface area (TPSA) is 46.2 Å². The van der Waals surface area contributed by atoms with E-state index in [1.807, 2.05) is 31.2 Å². The zero-order chi connectivity index (χ0) is 14.4. The van der Waals surface area contributed by atoms with Crippen molar-refractivity contribution in [1.29, 1.82) is 0 Å². The molecule has 0 aliphatic rings. The number of sulfonamides is 1. The van der Waals surface area contributed by atoms with Crippen LogP contribution in [0.25, 0.3) is 0 Å². The zero-order valence-electron chi connectivity index (χ0n) is 11.1. The van der Waals surface area contributed by atoms with Crippen molar-refractivity contribution in [3.8, 4) is 11.8 Å². The van der Waals surface area contributed by atoms with Crippen LogP contribution in [0.4, 0.5) is 0 Å². The molecule has 0 unspecified atom stereocenters. The first-order chi connectivity index (χ1) is 9.58. The molecule has 0 aliphatic heterocycles. The van der Waals surface area contributed by atoms with Gasteiger partial charge in [0.2, 0.25) is 10.0 Å². The molecule has 0 aromatic heterocycles. The fraction of sp³-hybridized carbons (Fsp3) is 0.125. The average Bonchev–Trinajstić information content (AvgIpc) is 2.45. The highest BCUT2D eigenvalue weighted by Gasteiger charge is 2.10. The second-order valence-electron chi connectivity index (χ2n) is 4.31. The zero-order valence-corrected chi connectivity index (χ0v) is 11.9. The summed E-state index contributed by atoms with van der Waals surface area (Å²) in [5, 5.41) is 0. The van der Waals surface area contributed by atoms with Crippen LogP contribution in [0, 0.1) is 18.8 Å². The summed E-state index contributed by atoms with van der Waals surface area (Å²) in [6.07, 6.45) is 0. The Morgan fingerprint density at radius 3 is 2.50 bits per heavy atom. The SMILES string of the molecule is Cc1cccc(C#CCNS(=O)(=O)c2ccccc2)c1. The van der Waals surface area contributed by atoms with Crippen LogP contribution in [0.3, 0.4) is 0 Å². The predicted octanol–water partition coefficient (Wildman–Crippen LogP) is 2.33. The maximum atomic E-state index is 11.9. The van der Waals surface area contributed by atoms with Gasteiger partial charge in [0.15, 0.2) is 0 Å². The first-order valence-corrected chi connectivity index (χ1v) is 7.66. The Balaban J connectivity index is 2.00. The van der Waals surface area contributed by atoms with Crippen molar-refractivity contribution >= 4 is 10.0 Å². The summed E-state index contributed by atoms with van der Waals surface area (Å²) in [5.74, 6) is 5.75. The monoisotopic (exact) mass is 285 g/mol. The van der Waals surface area contributed by atoms with E-state index >= 15 is 0 Å². The van der Waals surface area contributed by atoms with Crippen molar-refractivity contribution in [2.45, 2.75) is 11.8 Å². The third-order valence-corrected chi connectivity index (χ3v) is 4.07. The molecule has 0 heterocycles. The fourth-order valence-electron chi connectivity index (χ4n) is 1.68. The molecule has 0 saturated heterocycles. The molecule has 0 amide bonds. The van der Waals surface area contributed by atoms with Gasteiger partial charge in [0.1, 0.15) is 0 Å². The number of hydrogen-bond donors (Lipinski definition) is 1. The van der Waals surface area contributed by atoms with Gasteiger partial charge in [-0.05, 0) is 36.8 Å². The highest BCUT2D eigenvalue weighted by atomic mass is 32.2. The van der Waals surface area contributed by atoms with Gasteiger partial charge >= 0.3 is 0 Å². The van der Waals surface area contributed by atoms with Crippen LogP contribution in [0.5, 0.6) is 0 Å². The molecule has 2 aromatic carbocycles. The van der Waals surface area contributed by atoms with E-state index in [0.717, 1.165) is 11.1 Å². The number of hydrogen-bond acceptors (Lipinski definition) is 2. The molecule has 0 bridgehead atoms. The van der Waals surface area contributed by atoms with E-state index < -0.39 is 10.0 Å². The molecule has 4 heteroatoms. The molecule has 0 atom stereocenters. The molecule has 2 aromatic rings. The second-order valence-corrected chi connectivity index (χ2v) is 6.08. The van der Waals surface area contributed by atoms with E-state index in [0.29, 0.717) is 0 Å². The smallest absolute Gasteiger partial charge is 0.207 e. The van der Waals surface area contributed by atoms with Gasteiger partial charge in [-0.15, -0.1) is 0 Å². The lowest BCUT2D eigenvalue weighted by Crippen LogP contribution is -2.23. The summed E-state index contributed by atoms with van der Waals surface area (Å²) in [6, 6.07) is 16.0. The Morgan fingerprint density at radius 2 is 1.80 bits per heavy atom. The van der Waals surface area contributed by atoms with Gasteiger partial charge in [0.05, 0.1) is 11.4 Å². The minimum absolute atomic E-state index is 0.0885. The molecule has 20 heavy (non-hydrogen) atoms. The Kier molecular flexibility index (Phi) is 4.57. The summed E-state index contributed by atoms with van der Waals surface area (Å²) < 4.78 is 26.3. The van der Waals surface area contributed by atoms with E-state index in [4.69, 9.17) is 0 Å². The number of aryl methyl sites for hydroxylation is 1. The molecule has 0 fully saturated rings. The van der Waals surface area contributed by atoms with Crippen LogP contribution in [0.15, 0.2) is 59.5 Å². The predicted molar refractivity (Wildman–Crippen MR) is 79.7 cm³/mol. The minimum Gasteiger partial charge on any atom is -0.207 e. The Hall–Kier alpha value is -2.09. The van der Waals surface area contributed by atoms with E-state index in [-0.39, 0.29) is 11.4 Å². The van der Waals surface area contributed by atoms with Gasteiger partial charge in [-0.1, -0.05) is 42.2 Å². The van der Waals surface area contributed by atoms with Crippen molar-refractivity contribution in [3.63, 3.8) is 0 Å². The molecule has 3 nitrogen and oxygen atoms in total. The van der Waals surface area contributed by atoms with Crippen LogP contribution in [-0.2, 0) is 10.0 Å². The molecule has 1 N–H and O–H groups in total. The first-order valence-electron chi connectivity index (χ1n) is 6.18. The number of nitrogens with one attached hydrogen (secondary N) is 1. The van der Waals surface area contributed by atoms with Gasteiger partial charge in [0.25, 0.3) is 0 Å². The molecule has 0 saturated carbocycles. The Morgan fingerprint density at radius 1 is 1.05 bits per heavy atom. The Bertz CT molecular complexity index is 741. The molecule has 0 spiro atoms. The summed E-state index contributed by atoms with van der Waals surface area (Å²) in [4.78, 5) is 0.248. The van der Waals surface area contributed by atoms with Gasteiger partial charge in [-0.2, -0.15) is 4.72 Å². The molecule has 102 valence electrons. The maximum absolute atomic E-state index is 11.9. The van der Waals surface area contributed by atoms with E-state index in [9.17, 15) is 8.42 Å². The van der Waals surface area contributed by atoms with E-state index in [1.165, 1.54) is 0 Å². The summed E-state index contributed by atoms with van der Waals surface area (Å²) in [6.45, 7) is 2.08. The van der Waals surface area contributed by atoms with Gasteiger partial charge in [-0.3, -0.25) is 0 Å². The van der Waals surface area contributed by atoms with Crippen molar-refractivity contribution < 1.29 is 8.42 Å². The first kappa shape index (κ1) is 14.3. The molecule has 0 radical (unpaired) electrons. The molecular formula is C16H15NO2S. The summed E-state index contributed by atoms with van der Waals surface area (Å²) in [5.41, 5.74) is 2.01. The average molecular weight is 285 g/mol. The van der Waals surface area contributed by atoms with Gasteiger partial charge in [0, 0.05) is 5.56 Å². The van der Waals surface area contributed by atoms with Gasteiger partial charge in [-0.25, -0.2) is 8.42 Å². The van der Waals surface area contributed by atoms with Crippen LogP contribution < -0.4 is 4.72 Å². The number of rotatable bonds is 3. The normalized spacial score (nSPS) is 10.7. The highest BCUT2D eigenvalue weighted by Crippen LogP contribution is 2.06. The van der Waals surface area contributed by atoms with E-state index in [2.05, 4.69) is 16.6 Å². The van der Waals surface area contributed by atoms with Crippen molar-refractivity contribution in [1.82, 2.24) is 4.72 Å². The summed E-state index contributed by atoms with van der Waals surface area (Å²) in [7, 11) is -3.48. The van der Waals surface area contributed by atoms with E-state index in [1.54, 1.807) is 30.3 Å². The third-order valence-electron chi connectivity index (χ3n) is 2.65. The Labute approximate surface area is 119 Å². The van der Waals surface area contributed by atoms with Crippen LogP contribution >= 0.6 is 0 Å². The van der Waals surface area contributed by atoms with Crippen LogP contribution in [-0.4, -0.2) is 15.0 Å². The number of benzene rings is 2. The second kappa shape index (κ2) is 6.38. The summed E-state index contributed by atoms with van der Waals surface area (Å²) >= 11 is 0. The quantitative estimate of drug-likeness (QED) is 0.880. The minimum atomic E-state index is -3.48. The molecule has 2 rings (SSSR count). The fourth-order valence-corrected chi connectivity index (χ4v) is 2.63. The van der Waals surface area contributed by atoms with Crippen LogP contribution in [0.1, 0.15) is 11.1 Å². The van der Waals surface area contributed by atoms with Crippen molar-refractivity contribution in [3.05, 3.63) is 65.7 Å². The largest absolute Gasteiger partial charge is 0.241 e. The standard InChI is InChI=1S/C16H15NO2S/c1-14-7-5-8-15(13-14)9-6-12-17-20(18,19)16-10-3-2-4-11-16/h2-5,7-8,10-11,13,17H,12H2,1H3. The third kappa shape index (κ3) is 3.95. The maximum Gasteiger partial charge on any atom is 0.241 e. The lowest BCUT2D eigenvalue weighted by Gasteiger charge is -2.02. The van der Waals surface area contributed by atoms with Crippen LogP contribution in [0.2, 0.25) is 0 Å². The van der Waals surface area contributed by atoms with Crippen molar-refractivity contribution in [2.24, 2.45) is 0 Å². The van der Waals surface area contributed by atoms with Gasteiger partial charge < -0.3 is 0 Å².